The van der Waals surface area contributed by atoms with E-state index in [1.807, 2.05) is 6.92 Å². The fraction of sp³-hybridized carbons (Fsp3) is 0.667. The van der Waals surface area contributed by atoms with Crippen molar-refractivity contribution >= 4 is 23.1 Å². The highest BCUT2D eigenvalue weighted by molar-refractivity contribution is 7.09. The first-order valence-corrected chi connectivity index (χ1v) is 12.3. The van der Waals surface area contributed by atoms with Crippen LogP contribution in [0.15, 0.2) is 11.7 Å². The number of aryl methyl sites for hydroxylation is 1. The highest BCUT2D eigenvalue weighted by Crippen LogP contribution is 2.65. The van der Waals surface area contributed by atoms with E-state index in [1.54, 1.807) is 17.5 Å². The summed E-state index contributed by atoms with van der Waals surface area (Å²) < 4.78 is 8.08. The average Bonchev–Trinajstić information content (AvgIpc) is 3.02. The number of carbonyl (C=O) groups is 1. The predicted octanol–water partition coefficient (Wildman–Crippen LogP) is 3.77. The molecule has 4 atom stereocenters. The Morgan fingerprint density at radius 2 is 2.03 bits per heavy atom. The Balaban J connectivity index is 1.20. The number of esters is 1. The van der Waals surface area contributed by atoms with E-state index in [0.29, 0.717) is 30.2 Å². The van der Waals surface area contributed by atoms with Crippen molar-refractivity contribution in [2.24, 2.45) is 22.7 Å². The van der Waals surface area contributed by atoms with Crippen LogP contribution in [0, 0.1) is 36.5 Å². The summed E-state index contributed by atoms with van der Waals surface area (Å²) in [5, 5.41) is 0. The lowest BCUT2D eigenvalue weighted by molar-refractivity contribution is -0.689. The third-order valence-electron chi connectivity index (χ3n) is 7.86. The van der Waals surface area contributed by atoms with Crippen LogP contribution in [0.4, 0.5) is 5.82 Å². The number of rotatable bonds is 6. The zero-order valence-electron chi connectivity index (χ0n) is 18.8. The van der Waals surface area contributed by atoms with Crippen LogP contribution in [0.5, 0.6) is 0 Å². The largest absolute Gasteiger partial charge is 0.465 e. The maximum absolute atomic E-state index is 13.2. The summed E-state index contributed by atoms with van der Waals surface area (Å²) in [6, 6.07) is 0. The van der Waals surface area contributed by atoms with E-state index >= 15 is 0 Å². The van der Waals surface area contributed by atoms with Gasteiger partial charge in [0, 0.05) is 19.5 Å². The fourth-order valence-corrected chi connectivity index (χ4v) is 7.99. The molecule has 4 saturated carbocycles. The number of thiazole rings is 1. The minimum absolute atomic E-state index is 0.0690. The van der Waals surface area contributed by atoms with Gasteiger partial charge in [0.1, 0.15) is 11.6 Å². The van der Waals surface area contributed by atoms with Crippen molar-refractivity contribution in [2.45, 2.75) is 72.3 Å². The summed E-state index contributed by atoms with van der Waals surface area (Å²) in [5.74, 6) is 2.75. The number of hydrogen-bond donors (Lipinski definition) is 1. The molecule has 0 aliphatic heterocycles. The van der Waals surface area contributed by atoms with Gasteiger partial charge in [-0.25, -0.2) is 9.97 Å². The summed E-state index contributed by atoms with van der Waals surface area (Å²) in [6.07, 6.45) is 9.64. The Morgan fingerprint density at radius 1 is 1.29 bits per heavy atom. The summed E-state index contributed by atoms with van der Waals surface area (Å²) in [4.78, 5) is 22.9. The standard InChI is InChI=1S/C24H33N4O2S/c1-15-20(31-14-28(15)12-19-11-26-16(2)27-21(19)25)4-5-30-22(29)24-9-17-6-18(10-24)8-23(3,7-17)13-24/h11,14,17-18H,4-10,12-13H2,1-3H3,(H2,25,26,27)/q+1/t17-,18+,23?,24?. The average molecular weight is 442 g/mol. The summed E-state index contributed by atoms with van der Waals surface area (Å²) in [6.45, 7) is 7.46. The molecule has 4 bridgehead atoms. The molecular weight excluding hydrogens is 408 g/mol. The molecule has 2 aromatic heterocycles. The molecule has 6 rings (SSSR count). The molecule has 0 saturated heterocycles. The van der Waals surface area contributed by atoms with E-state index in [0.717, 1.165) is 43.1 Å². The van der Waals surface area contributed by atoms with Crippen molar-refractivity contribution in [3.63, 3.8) is 0 Å². The zero-order valence-corrected chi connectivity index (χ0v) is 19.6. The van der Waals surface area contributed by atoms with Crippen molar-refractivity contribution in [3.05, 3.63) is 33.7 Å². The topological polar surface area (TPSA) is 82.0 Å². The lowest BCUT2D eigenvalue weighted by Crippen LogP contribution is -2.54. The van der Waals surface area contributed by atoms with Gasteiger partial charge in [0.05, 0.1) is 22.5 Å². The van der Waals surface area contributed by atoms with Crippen molar-refractivity contribution in [1.82, 2.24) is 9.97 Å². The second-order valence-electron chi connectivity index (χ2n) is 10.6. The van der Waals surface area contributed by atoms with Gasteiger partial charge in [-0.15, -0.1) is 0 Å². The molecule has 2 heterocycles. The highest BCUT2D eigenvalue weighted by Gasteiger charge is 2.59. The highest BCUT2D eigenvalue weighted by atomic mass is 32.1. The van der Waals surface area contributed by atoms with Crippen molar-refractivity contribution in [2.75, 3.05) is 12.3 Å². The Labute approximate surface area is 188 Å². The number of nitrogen functional groups attached to an aromatic ring is 1. The Morgan fingerprint density at radius 3 is 2.71 bits per heavy atom. The molecule has 2 aromatic rings. The Kier molecular flexibility index (Phi) is 5.07. The first-order chi connectivity index (χ1) is 14.8. The number of carbonyl (C=O) groups excluding carboxylic acids is 1. The third-order valence-corrected chi connectivity index (χ3v) is 9.01. The molecule has 2 unspecified atom stereocenters. The number of nitrogens with zero attached hydrogens (tertiary/aromatic N) is 3. The molecule has 7 heteroatoms. The van der Waals surface area contributed by atoms with Gasteiger partial charge in [-0.1, -0.05) is 18.3 Å². The molecule has 6 nitrogen and oxygen atoms in total. The van der Waals surface area contributed by atoms with Gasteiger partial charge in [-0.2, -0.15) is 4.57 Å². The number of nitrogens with two attached hydrogens (primary N) is 1. The van der Waals surface area contributed by atoms with Crippen LogP contribution in [0.2, 0.25) is 0 Å². The summed E-state index contributed by atoms with van der Waals surface area (Å²) in [5.41, 5.74) is 10.4. The first kappa shape index (κ1) is 20.9. The van der Waals surface area contributed by atoms with Gasteiger partial charge in [-0.3, -0.25) is 4.79 Å². The predicted molar refractivity (Wildman–Crippen MR) is 119 cm³/mol. The van der Waals surface area contributed by atoms with Crippen LogP contribution in [-0.4, -0.2) is 22.5 Å². The lowest BCUT2D eigenvalue weighted by Gasteiger charge is -2.59. The SMILES string of the molecule is Cc1ncc(C[n+]2csc(CCOC(=O)C34C[C@@H]5C[C@@H](CC(C)(C5)C3)C4)c2C)c(N)n1. The monoisotopic (exact) mass is 441 g/mol. The fourth-order valence-electron chi connectivity index (χ4n) is 7.01. The molecule has 0 aromatic carbocycles. The van der Waals surface area contributed by atoms with Gasteiger partial charge < -0.3 is 10.5 Å². The molecule has 166 valence electrons. The van der Waals surface area contributed by atoms with Crippen LogP contribution in [0.3, 0.4) is 0 Å². The molecular formula is C24H33N4O2S+. The second kappa shape index (κ2) is 7.54. The smallest absolute Gasteiger partial charge is 0.312 e. The van der Waals surface area contributed by atoms with Crippen LogP contribution < -0.4 is 10.3 Å². The van der Waals surface area contributed by atoms with Crippen LogP contribution in [0.25, 0.3) is 0 Å². The van der Waals surface area contributed by atoms with E-state index in [-0.39, 0.29) is 11.4 Å². The molecule has 2 N–H and O–H groups in total. The number of hydrogen-bond acceptors (Lipinski definition) is 6. The normalized spacial score (nSPS) is 31.2. The Hall–Kier alpha value is -2.02. The van der Waals surface area contributed by atoms with E-state index in [1.165, 1.54) is 29.8 Å². The molecule has 4 aliphatic rings. The van der Waals surface area contributed by atoms with Gasteiger partial charge in [-0.05, 0) is 62.7 Å². The Bertz CT molecular complexity index is 1000. The van der Waals surface area contributed by atoms with Gasteiger partial charge >= 0.3 is 5.97 Å². The quantitative estimate of drug-likeness (QED) is 0.545. The molecule has 4 fully saturated rings. The van der Waals surface area contributed by atoms with Crippen molar-refractivity contribution < 1.29 is 14.1 Å². The lowest BCUT2D eigenvalue weighted by atomic mass is 9.44. The zero-order chi connectivity index (χ0) is 21.8. The molecule has 0 spiro atoms. The third kappa shape index (κ3) is 3.86. The van der Waals surface area contributed by atoms with Crippen molar-refractivity contribution in [3.8, 4) is 0 Å². The van der Waals surface area contributed by atoms with Gasteiger partial charge in [0.25, 0.3) is 0 Å². The summed E-state index contributed by atoms with van der Waals surface area (Å²) in [7, 11) is 0. The maximum atomic E-state index is 13.2. The van der Waals surface area contributed by atoms with Crippen LogP contribution in [0.1, 0.15) is 67.4 Å². The second-order valence-corrected chi connectivity index (χ2v) is 11.6. The van der Waals surface area contributed by atoms with Crippen molar-refractivity contribution in [1.29, 1.82) is 0 Å². The molecule has 31 heavy (non-hydrogen) atoms. The molecule has 4 aliphatic carbocycles. The van der Waals surface area contributed by atoms with E-state index in [2.05, 4.69) is 33.9 Å². The van der Waals surface area contributed by atoms with Crippen LogP contribution >= 0.6 is 11.3 Å². The van der Waals surface area contributed by atoms with Gasteiger partial charge in [0.2, 0.25) is 5.51 Å². The number of aromatic nitrogens is 3. The molecule has 0 radical (unpaired) electrons. The first-order valence-electron chi connectivity index (χ1n) is 11.5. The minimum Gasteiger partial charge on any atom is -0.465 e. The van der Waals surface area contributed by atoms with E-state index in [9.17, 15) is 4.79 Å². The molecule has 0 amide bonds. The van der Waals surface area contributed by atoms with E-state index < -0.39 is 0 Å². The maximum Gasteiger partial charge on any atom is 0.312 e. The van der Waals surface area contributed by atoms with Crippen LogP contribution in [-0.2, 0) is 22.5 Å². The number of ether oxygens (including phenoxy) is 1. The minimum atomic E-state index is -0.202. The number of anilines is 1. The van der Waals surface area contributed by atoms with E-state index in [4.69, 9.17) is 10.5 Å². The van der Waals surface area contributed by atoms with Gasteiger partial charge in [0.15, 0.2) is 12.2 Å². The summed E-state index contributed by atoms with van der Waals surface area (Å²) >= 11 is 1.70.